The van der Waals surface area contributed by atoms with Crippen molar-refractivity contribution in [3.8, 4) is 0 Å². The van der Waals surface area contributed by atoms with E-state index in [1.807, 2.05) is 19.0 Å². The second-order valence-electron chi connectivity index (χ2n) is 5.54. The van der Waals surface area contributed by atoms with Crippen molar-refractivity contribution in [1.82, 2.24) is 14.9 Å². The van der Waals surface area contributed by atoms with Crippen molar-refractivity contribution in [3.63, 3.8) is 0 Å². The highest BCUT2D eigenvalue weighted by molar-refractivity contribution is 5.47. The van der Waals surface area contributed by atoms with Crippen molar-refractivity contribution < 1.29 is 5.11 Å². The number of nitrogen functional groups attached to an aromatic ring is 1. The summed E-state index contributed by atoms with van der Waals surface area (Å²) < 4.78 is 0. The van der Waals surface area contributed by atoms with Gasteiger partial charge in [0.25, 0.3) is 0 Å². The largest absolute Gasteiger partial charge is 0.387 e. The van der Waals surface area contributed by atoms with Crippen LogP contribution in [0.25, 0.3) is 0 Å². The van der Waals surface area contributed by atoms with Gasteiger partial charge in [0.15, 0.2) is 0 Å². The Bertz CT molecular complexity index is 421. The van der Waals surface area contributed by atoms with Gasteiger partial charge in [-0.15, -0.1) is 0 Å². The Kier molecular flexibility index (Phi) is 6.12. The Morgan fingerprint density at radius 1 is 1.35 bits per heavy atom. The van der Waals surface area contributed by atoms with Gasteiger partial charge in [0.2, 0.25) is 0 Å². The summed E-state index contributed by atoms with van der Waals surface area (Å²) >= 11 is 0. The number of nitrogens with two attached hydrogens (primary N) is 1. The van der Waals surface area contributed by atoms with Gasteiger partial charge >= 0.3 is 0 Å². The zero-order chi connectivity index (χ0) is 15.2. The van der Waals surface area contributed by atoms with Crippen LogP contribution >= 0.6 is 0 Å². The summed E-state index contributed by atoms with van der Waals surface area (Å²) in [4.78, 5) is 10.6. The Morgan fingerprint density at radius 2 is 2.00 bits per heavy atom. The molecule has 0 saturated heterocycles. The smallest absolute Gasteiger partial charge is 0.145 e. The molecule has 1 aromatic rings. The molecule has 7 nitrogen and oxygen atoms in total. The van der Waals surface area contributed by atoms with Crippen LogP contribution in [0.2, 0.25) is 0 Å². The molecule has 1 rings (SSSR count). The van der Waals surface area contributed by atoms with Gasteiger partial charge in [-0.25, -0.2) is 15.8 Å². The van der Waals surface area contributed by atoms with Gasteiger partial charge in [-0.2, -0.15) is 0 Å². The summed E-state index contributed by atoms with van der Waals surface area (Å²) in [5.41, 5.74) is 1.70. The molecule has 0 aromatic carbocycles. The summed E-state index contributed by atoms with van der Waals surface area (Å²) in [6.07, 6.45) is 1.75. The van der Waals surface area contributed by atoms with Crippen LogP contribution in [0.15, 0.2) is 6.07 Å². The minimum absolute atomic E-state index is 0.401. The van der Waals surface area contributed by atoms with Gasteiger partial charge in [0, 0.05) is 25.6 Å². The second-order valence-corrected chi connectivity index (χ2v) is 5.54. The highest BCUT2D eigenvalue weighted by Crippen LogP contribution is 2.13. The Balaban J connectivity index is 2.73. The predicted octanol–water partition coefficient (Wildman–Crippen LogP) is 0.439. The number of nitrogens with one attached hydrogen (secondary N) is 2. The molecule has 1 heterocycles. The van der Waals surface area contributed by atoms with Crippen molar-refractivity contribution in [2.75, 3.05) is 37.9 Å². The van der Waals surface area contributed by atoms with Crippen LogP contribution in [-0.4, -0.2) is 52.8 Å². The lowest BCUT2D eigenvalue weighted by molar-refractivity contribution is 0.0459. The molecule has 114 valence electrons. The highest BCUT2D eigenvalue weighted by Gasteiger charge is 2.21. The van der Waals surface area contributed by atoms with Gasteiger partial charge in [-0.1, -0.05) is 6.92 Å². The maximum Gasteiger partial charge on any atom is 0.145 e. The first-order valence-electron chi connectivity index (χ1n) is 6.82. The molecule has 0 saturated carbocycles. The van der Waals surface area contributed by atoms with Gasteiger partial charge in [0.1, 0.15) is 17.5 Å². The summed E-state index contributed by atoms with van der Waals surface area (Å²) in [6, 6.07) is 1.73. The standard InChI is InChI=1S/C13H26N6O/c1-5-6-10-16-11(7-12(17-10)18-14)15-8-13(2,20)9-19(3)4/h7,20H,5-6,8-9,14H2,1-4H3,(H2,15,16,17,18). The third kappa shape index (κ3) is 5.68. The van der Waals surface area contributed by atoms with Crippen LogP contribution in [0.4, 0.5) is 11.6 Å². The van der Waals surface area contributed by atoms with E-state index in [9.17, 15) is 5.11 Å². The second kappa shape index (κ2) is 7.37. The van der Waals surface area contributed by atoms with Crippen molar-refractivity contribution in [2.45, 2.75) is 32.3 Å². The number of aryl methyl sites for hydroxylation is 1. The van der Waals surface area contributed by atoms with Crippen molar-refractivity contribution >= 4 is 11.6 Å². The quantitative estimate of drug-likeness (QED) is 0.405. The lowest BCUT2D eigenvalue weighted by atomic mass is 10.1. The fraction of sp³-hybridized carbons (Fsp3) is 0.692. The zero-order valence-electron chi connectivity index (χ0n) is 12.8. The molecule has 5 N–H and O–H groups in total. The maximum absolute atomic E-state index is 10.3. The summed E-state index contributed by atoms with van der Waals surface area (Å²) in [5, 5.41) is 13.4. The van der Waals surface area contributed by atoms with Crippen LogP contribution in [0.3, 0.4) is 0 Å². The minimum Gasteiger partial charge on any atom is -0.387 e. The third-order valence-corrected chi connectivity index (χ3v) is 2.70. The maximum atomic E-state index is 10.3. The molecule has 0 radical (unpaired) electrons. The van der Waals surface area contributed by atoms with E-state index in [1.54, 1.807) is 13.0 Å². The molecule has 0 aliphatic carbocycles. The van der Waals surface area contributed by atoms with Crippen molar-refractivity contribution in [3.05, 3.63) is 11.9 Å². The van der Waals surface area contributed by atoms with Crippen LogP contribution in [0.1, 0.15) is 26.1 Å². The van der Waals surface area contributed by atoms with Crippen LogP contribution in [-0.2, 0) is 6.42 Å². The molecule has 7 heteroatoms. The monoisotopic (exact) mass is 282 g/mol. The lowest BCUT2D eigenvalue weighted by Gasteiger charge is -2.27. The summed E-state index contributed by atoms with van der Waals surface area (Å²) in [7, 11) is 3.85. The molecule has 0 amide bonds. The number of aromatic nitrogens is 2. The van der Waals surface area contributed by atoms with Crippen LogP contribution in [0.5, 0.6) is 0 Å². The highest BCUT2D eigenvalue weighted by atomic mass is 16.3. The molecule has 0 aliphatic heterocycles. The minimum atomic E-state index is -0.838. The van der Waals surface area contributed by atoms with Crippen LogP contribution < -0.4 is 16.6 Å². The van der Waals surface area contributed by atoms with Crippen molar-refractivity contribution in [2.24, 2.45) is 5.84 Å². The van der Waals surface area contributed by atoms with Gasteiger partial charge in [-0.05, 0) is 27.4 Å². The first-order chi connectivity index (χ1) is 9.36. The van der Waals surface area contributed by atoms with E-state index in [0.717, 1.165) is 18.7 Å². The number of aliphatic hydroxyl groups is 1. The molecule has 0 aliphatic rings. The molecule has 0 spiro atoms. The summed E-state index contributed by atoms with van der Waals surface area (Å²) in [6.45, 7) is 4.82. The number of hydrazine groups is 1. The lowest BCUT2D eigenvalue weighted by Crippen LogP contribution is -2.43. The Morgan fingerprint density at radius 3 is 2.55 bits per heavy atom. The number of hydrogen-bond donors (Lipinski definition) is 4. The predicted molar refractivity (Wildman–Crippen MR) is 81.5 cm³/mol. The zero-order valence-corrected chi connectivity index (χ0v) is 12.8. The normalized spacial score (nSPS) is 14.2. The van der Waals surface area contributed by atoms with Gasteiger partial charge in [-0.3, -0.25) is 0 Å². The number of likely N-dealkylation sites (N-methyl/N-ethyl adjacent to an activating group) is 1. The fourth-order valence-electron chi connectivity index (χ4n) is 2.02. The molecule has 1 unspecified atom stereocenters. The first-order valence-corrected chi connectivity index (χ1v) is 6.82. The fourth-order valence-corrected chi connectivity index (χ4v) is 2.02. The molecule has 20 heavy (non-hydrogen) atoms. The first kappa shape index (κ1) is 16.6. The van der Waals surface area contributed by atoms with E-state index in [4.69, 9.17) is 5.84 Å². The average Bonchev–Trinajstić information content (AvgIpc) is 2.35. The number of rotatable bonds is 8. The van der Waals surface area contributed by atoms with Crippen LogP contribution in [0, 0.1) is 0 Å². The Hall–Kier alpha value is -1.44. The molecular weight excluding hydrogens is 256 g/mol. The average molecular weight is 282 g/mol. The Labute approximate surface area is 120 Å². The number of nitrogens with zero attached hydrogens (tertiary/aromatic N) is 3. The van der Waals surface area contributed by atoms with E-state index in [0.29, 0.717) is 24.7 Å². The molecule has 0 fully saturated rings. The van der Waals surface area contributed by atoms with E-state index >= 15 is 0 Å². The molecule has 1 atom stereocenters. The van der Waals surface area contributed by atoms with E-state index < -0.39 is 5.60 Å². The van der Waals surface area contributed by atoms with E-state index in [-0.39, 0.29) is 0 Å². The number of hydrogen-bond acceptors (Lipinski definition) is 7. The molecule has 1 aromatic heterocycles. The number of anilines is 2. The molecular formula is C13H26N6O. The van der Waals surface area contributed by atoms with Gasteiger partial charge in [0.05, 0.1) is 5.60 Å². The SMILES string of the molecule is CCCc1nc(NN)cc(NCC(C)(O)CN(C)C)n1. The van der Waals surface area contributed by atoms with E-state index in [2.05, 4.69) is 27.6 Å². The topological polar surface area (TPSA) is 99.3 Å². The van der Waals surface area contributed by atoms with Gasteiger partial charge < -0.3 is 20.7 Å². The third-order valence-electron chi connectivity index (χ3n) is 2.70. The van der Waals surface area contributed by atoms with E-state index in [1.165, 1.54) is 0 Å². The van der Waals surface area contributed by atoms with Crippen molar-refractivity contribution in [1.29, 1.82) is 0 Å². The molecule has 0 bridgehead atoms. The summed E-state index contributed by atoms with van der Waals surface area (Å²) in [5.74, 6) is 7.37.